The predicted molar refractivity (Wildman–Crippen MR) is 86.8 cm³/mol. The first kappa shape index (κ1) is 17.7. The largest absolute Gasteiger partial charge is 0.319 e. The fourth-order valence-corrected chi connectivity index (χ4v) is 8.16. The van der Waals surface area contributed by atoms with E-state index in [1.807, 2.05) is 0 Å². The summed E-state index contributed by atoms with van der Waals surface area (Å²) in [6.45, 7) is 11.3. The Labute approximate surface area is 131 Å². The molecule has 0 N–H and O–H groups in total. The molecular formula is C10H22N2O4P2S2. The monoisotopic (exact) mass is 360 g/mol. The average Bonchev–Trinajstić information content (AvgIpc) is 3.06. The third kappa shape index (κ3) is 4.92. The Morgan fingerprint density at radius 2 is 1.00 bits per heavy atom. The first-order valence-corrected chi connectivity index (χ1v) is 11.0. The van der Waals surface area contributed by atoms with Crippen LogP contribution >= 0.6 is 39.0 Å². The minimum Gasteiger partial charge on any atom is -0.319 e. The highest BCUT2D eigenvalue weighted by Gasteiger charge is 2.34. The lowest BCUT2D eigenvalue weighted by Crippen LogP contribution is -2.22. The molecule has 2 fully saturated rings. The third-order valence-electron chi connectivity index (χ3n) is 2.37. The van der Waals surface area contributed by atoms with E-state index in [1.54, 1.807) is 22.0 Å². The minimum atomic E-state index is -0.936. The van der Waals surface area contributed by atoms with E-state index in [0.29, 0.717) is 38.5 Å². The maximum absolute atomic E-state index is 5.65. The second-order valence-electron chi connectivity index (χ2n) is 4.75. The van der Waals surface area contributed by atoms with Crippen molar-refractivity contribution in [2.75, 3.05) is 26.4 Å². The first-order valence-electron chi connectivity index (χ1n) is 6.64. The van der Waals surface area contributed by atoms with Gasteiger partial charge in [-0.05, 0) is 27.7 Å². The van der Waals surface area contributed by atoms with Crippen molar-refractivity contribution >= 4 is 39.0 Å². The van der Waals surface area contributed by atoms with E-state index in [1.165, 1.54) is 0 Å². The van der Waals surface area contributed by atoms with Crippen molar-refractivity contribution in [3.8, 4) is 0 Å². The molecule has 0 spiro atoms. The highest BCUT2D eigenvalue weighted by atomic mass is 33.1. The van der Waals surface area contributed by atoms with Gasteiger partial charge in [0.25, 0.3) is 17.1 Å². The molecule has 0 bridgehead atoms. The average molecular weight is 360 g/mol. The summed E-state index contributed by atoms with van der Waals surface area (Å²) in [5.41, 5.74) is 0. The van der Waals surface area contributed by atoms with Crippen molar-refractivity contribution < 1.29 is 18.1 Å². The van der Waals surface area contributed by atoms with Crippen LogP contribution in [0.15, 0.2) is 0 Å². The van der Waals surface area contributed by atoms with Gasteiger partial charge in [-0.2, -0.15) is 8.15 Å². The molecule has 10 heteroatoms. The van der Waals surface area contributed by atoms with Gasteiger partial charge in [0, 0.05) is 34.0 Å². The number of hydrogen-bond acceptors (Lipinski definition) is 8. The van der Waals surface area contributed by atoms with Crippen LogP contribution in [0.2, 0.25) is 0 Å². The molecule has 118 valence electrons. The number of rotatable bonds is 7. The maximum Gasteiger partial charge on any atom is 0.270 e. The molecule has 2 rings (SSSR count). The fraction of sp³-hybridized carbons (Fsp3) is 1.00. The Hall–Kier alpha value is 1.32. The number of nitrogens with zero attached hydrogens (tertiary/aromatic N) is 2. The summed E-state index contributed by atoms with van der Waals surface area (Å²) in [5.74, 6) is 0. The van der Waals surface area contributed by atoms with Crippen molar-refractivity contribution in [3.05, 3.63) is 0 Å². The molecule has 0 unspecified atom stereocenters. The Morgan fingerprint density at radius 1 is 0.700 bits per heavy atom. The Balaban J connectivity index is 1.88. The van der Waals surface area contributed by atoms with Crippen molar-refractivity contribution in [3.63, 3.8) is 0 Å². The standard InChI is InChI=1S/C10H22N2O4P2S2/c1-9(2)11(17-13-5-6-14-17)19-20-12(10(3)4)18-15-7-8-16-18/h9-10H,5-8H2,1-4H3. The SMILES string of the molecule is CC(C)N(SSN(C(C)C)P1OCCO1)P1OCCO1. The van der Waals surface area contributed by atoms with Gasteiger partial charge in [-0.25, -0.2) is 0 Å². The molecule has 0 aliphatic carbocycles. The van der Waals surface area contributed by atoms with Crippen molar-refractivity contribution in [2.24, 2.45) is 0 Å². The van der Waals surface area contributed by atoms with Gasteiger partial charge in [-0.3, -0.25) is 0 Å². The predicted octanol–water partition coefficient (Wildman–Crippen LogP) is 4.17. The first-order chi connectivity index (χ1) is 9.59. The smallest absolute Gasteiger partial charge is 0.270 e. The summed E-state index contributed by atoms with van der Waals surface area (Å²) < 4.78 is 27.0. The van der Waals surface area contributed by atoms with E-state index in [2.05, 4.69) is 35.8 Å². The van der Waals surface area contributed by atoms with E-state index < -0.39 is 17.1 Å². The van der Waals surface area contributed by atoms with Gasteiger partial charge < -0.3 is 18.1 Å². The summed E-state index contributed by atoms with van der Waals surface area (Å²) in [7, 11) is 1.45. The van der Waals surface area contributed by atoms with Crippen LogP contribution in [-0.4, -0.2) is 46.7 Å². The van der Waals surface area contributed by atoms with Gasteiger partial charge >= 0.3 is 0 Å². The van der Waals surface area contributed by atoms with Gasteiger partial charge in [0.05, 0.1) is 26.4 Å². The summed E-state index contributed by atoms with van der Waals surface area (Å²) >= 11 is 0. The van der Waals surface area contributed by atoms with Gasteiger partial charge in [0.15, 0.2) is 0 Å². The summed E-state index contributed by atoms with van der Waals surface area (Å²) in [5, 5.41) is 0. The second-order valence-corrected chi connectivity index (χ2v) is 10.1. The molecule has 6 nitrogen and oxygen atoms in total. The Bertz CT molecular complexity index is 264. The number of hydrogen-bond donors (Lipinski definition) is 0. The molecule has 2 aliphatic rings. The third-order valence-corrected chi connectivity index (χ3v) is 9.88. The van der Waals surface area contributed by atoms with Crippen LogP contribution in [0.5, 0.6) is 0 Å². The molecule has 0 atom stereocenters. The lowest BCUT2D eigenvalue weighted by molar-refractivity contribution is 0.365. The van der Waals surface area contributed by atoms with Gasteiger partial charge in [0.1, 0.15) is 0 Å². The summed E-state index contributed by atoms with van der Waals surface area (Å²) in [6.07, 6.45) is 0. The second kappa shape index (κ2) is 8.82. The van der Waals surface area contributed by atoms with E-state index in [0.717, 1.165) is 0 Å². The zero-order valence-electron chi connectivity index (χ0n) is 12.2. The van der Waals surface area contributed by atoms with E-state index in [4.69, 9.17) is 18.1 Å². The highest BCUT2D eigenvalue weighted by Crippen LogP contribution is 2.59. The van der Waals surface area contributed by atoms with Crippen molar-refractivity contribution in [1.29, 1.82) is 0 Å². The lowest BCUT2D eigenvalue weighted by atomic mass is 10.4. The molecule has 2 heterocycles. The highest BCUT2D eigenvalue weighted by molar-refractivity contribution is 8.76. The van der Waals surface area contributed by atoms with Crippen LogP contribution in [0.4, 0.5) is 0 Å². The molecule has 2 saturated heterocycles. The minimum absolute atomic E-state index is 0.351. The Kier molecular flexibility index (Phi) is 7.80. The fourth-order valence-electron chi connectivity index (χ4n) is 1.44. The van der Waals surface area contributed by atoms with Crippen molar-refractivity contribution in [1.82, 2.24) is 8.15 Å². The van der Waals surface area contributed by atoms with Crippen LogP contribution in [-0.2, 0) is 18.1 Å². The molecule has 0 radical (unpaired) electrons. The van der Waals surface area contributed by atoms with Gasteiger partial charge in [-0.15, -0.1) is 0 Å². The maximum atomic E-state index is 5.65. The van der Waals surface area contributed by atoms with Crippen LogP contribution in [0.25, 0.3) is 0 Å². The molecule has 0 amide bonds. The molecule has 0 aromatic rings. The van der Waals surface area contributed by atoms with Crippen molar-refractivity contribution in [2.45, 2.75) is 39.8 Å². The molecule has 20 heavy (non-hydrogen) atoms. The zero-order chi connectivity index (χ0) is 14.5. The topological polar surface area (TPSA) is 43.4 Å². The summed E-state index contributed by atoms with van der Waals surface area (Å²) in [4.78, 5) is 0. The summed E-state index contributed by atoms with van der Waals surface area (Å²) in [6, 6.07) is 0.702. The molecular weight excluding hydrogens is 338 g/mol. The molecule has 0 saturated carbocycles. The van der Waals surface area contributed by atoms with E-state index >= 15 is 0 Å². The van der Waals surface area contributed by atoms with Gasteiger partial charge in [0.2, 0.25) is 0 Å². The molecule has 0 aromatic carbocycles. The Morgan fingerprint density at radius 3 is 1.25 bits per heavy atom. The van der Waals surface area contributed by atoms with Gasteiger partial charge in [-0.1, -0.05) is 0 Å². The van der Waals surface area contributed by atoms with Crippen LogP contribution in [0, 0.1) is 0 Å². The molecule has 2 aliphatic heterocycles. The van der Waals surface area contributed by atoms with E-state index in [-0.39, 0.29) is 0 Å². The molecule has 0 aromatic heterocycles. The normalized spacial score (nSPS) is 22.2. The zero-order valence-corrected chi connectivity index (χ0v) is 15.6. The lowest BCUT2D eigenvalue weighted by Gasteiger charge is -2.31. The van der Waals surface area contributed by atoms with E-state index in [9.17, 15) is 0 Å². The van der Waals surface area contributed by atoms with Crippen LogP contribution in [0.1, 0.15) is 27.7 Å². The van der Waals surface area contributed by atoms with Crippen LogP contribution < -0.4 is 0 Å². The quantitative estimate of drug-likeness (QED) is 0.381. The van der Waals surface area contributed by atoms with Crippen LogP contribution in [0.3, 0.4) is 0 Å².